The van der Waals surface area contributed by atoms with Gasteiger partial charge < -0.3 is 15.4 Å². The summed E-state index contributed by atoms with van der Waals surface area (Å²) in [5.41, 5.74) is 2.00. The number of amides is 1. The number of hydrogen-bond acceptors (Lipinski definition) is 5. The molecule has 0 aliphatic heterocycles. The maximum absolute atomic E-state index is 12.1. The first-order chi connectivity index (χ1) is 12.1. The normalized spacial score (nSPS) is 10.5. The molecule has 6 heteroatoms. The highest BCUT2D eigenvalue weighted by Crippen LogP contribution is 2.16. The Morgan fingerprint density at radius 3 is 2.52 bits per heavy atom. The molecule has 0 heterocycles. The molecular weight excluding hydrogens is 318 g/mol. The molecule has 0 atom stereocenters. The Morgan fingerprint density at radius 2 is 1.84 bits per heavy atom. The summed E-state index contributed by atoms with van der Waals surface area (Å²) in [6, 6.07) is 18.1. The molecule has 0 aromatic heterocycles. The van der Waals surface area contributed by atoms with Gasteiger partial charge >= 0.3 is 5.97 Å². The highest BCUT2D eigenvalue weighted by molar-refractivity contribution is 5.94. The van der Waals surface area contributed by atoms with Crippen LogP contribution in [0.5, 0.6) is 0 Å². The van der Waals surface area contributed by atoms with E-state index in [1.165, 1.54) is 13.3 Å². The molecule has 0 aliphatic carbocycles. The van der Waals surface area contributed by atoms with Gasteiger partial charge in [-0.05, 0) is 23.8 Å². The first-order valence-corrected chi connectivity index (χ1v) is 7.51. The van der Waals surface area contributed by atoms with Gasteiger partial charge in [0.2, 0.25) is 5.91 Å². The van der Waals surface area contributed by atoms with Crippen molar-refractivity contribution >= 4 is 23.3 Å². The smallest absolute Gasteiger partial charge is 0.350 e. The maximum Gasteiger partial charge on any atom is 0.350 e. The van der Waals surface area contributed by atoms with Crippen LogP contribution in [0.25, 0.3) is 0 Å². The number of carbonyl (C=O) groups is 2. The van der Waals surface area contributed by atoms with Crippen molar-refractivity contribution in [2.75, 3.05) is 17.7 Å². The molecule has 2 rings (SSSR count). The SMILES string of the molecule is COC(=O)/C(C#N)=C\Nc1cccc(NC(=O)Cc2ccccc2)c1. The molecule has 25 heavy (non-hydrogen) atoms. The van der Waals surface area contributed by atoms with E-state index in [2.05, 4.69) is 15.4 Å². The monoisotopic (exact) mass is 335 g/mol. The second kappa shape index (κ2) is 8.89. The second-order valence-corrected chi connectivity index (χ2v) is 5.10. The Bertz CT molecular complexity index is 823. The van der Waals surface area contributed by atoms with Crippen molar-refractivity contribution in [3.05, 3.63) is 71.9 Å². The van der Waals surface area contributed by atoms with E-state index < -0.39 is 5.97 Å². The number of anilines is 2. The highest BCUT2D eigenvalue weighted by atomic mass is 16.5. The Labute approximate surface area is 145 Å². The van der Waals surface area contributed by atoms with E-state index in [1.54, 1.807) is 30.3 Å². The summed E-state index contributed by atoms with van der Waals surface area (Å²) in [5.74, 6) is -0.853. The van der Waals surface area contributed by atoms with E-state index in [0.717, 1.165) is 5.56 Å². The van der Waals surface area contributed by atoms with Gasteiger partial charge in [-0.3, -0.25) is 4.79 Å². The van der Waals surface area contributed by atoms with Crippen molar-refractivity contribution in [1.82, 2.24) is 0 Å². The molecule has 126 valence electrons. The minimum Gasteiger partial charge on any atom is -0.465 e. The van der Waals surface area contributed by atoms with Crippen LogP contribution in [0, 0.1) is 11.3 Å². The third-order valence-electron chi connectivity index (χ3n) is 3.26. The Balaban J connectivity index is 2.01. The van der Waals surface area contributed by atoms with E-state index in [4.69, 9.17) is 5.26 Å². The van der Waals surface area contributed by atoms with Gasteiger partial charge in [0.15, 0.2) is 5.57 Å². The number of nitrogens with one attached hydrogen (secondary N) is 2. The zero-order chi connectivity index (χ0) is 18.1. The summed E-state index contributed by atoms with van der Waals surface area (Å²) in [4.78, 5) is 23.4. The van der Waals surface area contributed by atoms with Crippen molar-refractivity contribution in [3.8, 4) is 6.07 Å². The second-order valence-electron chi connectivity index (χ2n) is 5.10. The summed E-state index contributed by atoms with van der Waals surface area (Å²) in [7, 11) is 1.20. The van der Waals surface area contributed by atoms with Crippen LogP contribution in [-0.4, -0.2) is 19.0 Å². The molecule has 2 aromatic carbocycles. The number of benzene rings is 2. The van der Waals surface area contributed by atoms with Crippen LogP contribution in [-0.2, 0) is 20.7 Å². The molecule has 0 spiro atoms. The number of nitrogens with zero attached hydrogens (tertiary/aromatic N) is 1. The fourth-order valence-electron chi connectivity index (χ4n) is 2.08. The first-order valence-electron chi connectivity index (χ1n) is 7.51. The van der Waals surface area contributed by atoms with Gasteiger partial charge in [0.05, 0.1) is 13.5 Å². The molecule has 0 radical (unpaired) electrons. The van der Waals surface area contributed by atoms with E-state index >= 15 is 0 Å². The number of ether oxygens (including phenoxy) is 1. The topological polar surface area (TPSA) is 91.2 Å². The number of esters is 1. The average molecular weight is 335 g/mol. The highest BCUT2D eigenvalue weighted by Gasteiger charge is 2.08. The number of nitriles is 1. The van der Waals surface area contributed by atoms with Crippen LogP contribution in [0.1, 0.15) is 5.56 Å². The first kappa shape index (κ1) is 17.8. The van der Waals surface area contributed by atoms with Gasteiger partial charge in [0.25, 0.3) is 0 Å². The molecule has 0 aliphatic rings. The standard InChI is InChI=1S/C19H17N3O3/c1-25-19(24)15(12-20)13-21-16-8-5-9-17(11-16)22-18(23)10-14-6-3-2-4-7-14/h2-9,11,13,21H,10H2,1H3,(H,22,23)/b15-13-. The van der Waals surface area contributed by atoms with Crippen molar-refractivity contribution in [2.24, 2.45) is 0 Å². The summed E-state index contributed by atoms with van der Waals surface area (Å²) in [6.07, 6.45) is 1.54. The predicted molar refractivity (Wildman–Crippen MR) is 94.6 cm³/mol. The van der Waals surface area contributed by atoms with E-state index in [9.17, 15) is 9.59 Å². The molecule has 0 saturated heterocycles. The van der Waals surface area contributed by atoms with Gasteiger partial charge in [0, 0.05) is 17.6 Å². The average Bonchev–Trinajstić information content (AvgIpc) is 2.63. The zero-order valence-electron chi connectivity index (χ0n) is 13.7. The van der Waals surface area contributed by atoms with Crippen LogP contribution >= 0.6 is 0 Å². The number of rotatable bonds is 6. The van der Waals surface area contributed by atoms with E-state index in [1.807, 2.05) is 30.3 Å². The van der Waals surface area contributed by atoms with E-state index in [0.29, 0.717) is 11.4 Å². The van der Waals surface area contributed by atoms with Gasteiger partial charge in [-0.2, -0.15) is 5.26 Å². The molecule has 0 fully saturated rings. The zero-order valence-corrected chi connectivity index (χ0v) is 13.7. The van der Waals surface area contributed by atoms with Crippen molar-refractivity contribution < 1.29 is 14.3 Å². The van der Waals surface area contributed by atoms with Crippen molar-refractivity contribution in [3.63, 3.8) is 0 Å². The largest absolute Gasteiger partial charge is 0.465 e. The maximum atomic E-state index is 12.1. The number of hydrogen-bond donors (Lipinski definition) is 2. The number of methoxy groups -OCH3 is 1. The van der Waals surface area contributed by atoms with Crippen LogP contribution in [0.15, 0.2) is 66.4 Å². The van der Waals surface area contributed by atoms with Crippen molar-refractivity contribution in [1.29, 1.82) is 5.26 Å². The quantitative estimate of drug-likeness (QED) is 0.481. The molecule has 6 nitrogen and oxygen atoms in total. The molecule has 1 amide bonds. The Morgan fingerprint density at radius 1 is 1.12 bits per heavy atom. The summed E-state index contributed by atoms with van der Waals surface area (Å²) >= 11 is 0. The molecule has 0 saturated carbocycles. The van der Waals surface area contributed by atoms with Gasteiger partial charge in [-0.1, -0.05) is 36.4 Å². The van der Waals surface area contributed by atoms with E-state index in [-0.39, 0.29) is 17.9 Å². The summed E-state index contributed by atoms with van der Waals surface area (Å²) in [5, 5.41) is 14.6. The van der Waals surface area contributed by atoms with Crippen LogP contribution in [0.2, 0.25) is 0 Å². The molecular formula is C19H17N3O3. The fourth-order valence-corrected chi connectivity index (χ4v) is 2.08. The third kappa shape index (κ3) is 5.52. The minimum atomic E-state index is -0.720. The molecule has 2 aromatic rings. The summed E-state index contributed by atoms with van der Waals surface area (Å²) in [6.45, 7) is 0. The molecule has 0 bridgehead atoms. The Hall–Kier alpha value is -3.59. The van der Waals surface area contributed by atoms with Crippen molar-refractivity contribution in [2.45, 2.75) is 6.42 Å². The van der Waals surface area contributed by atoms with Gasteiger partial charge in [-0.15, -0.1) is 0 Å². The fraction of sp³-hybridized carbons (Fsp3) is 0.105. The van der Waals surface area contributed by atoms with Gasteiger partial charge in [0.1, 0.15) is 6.07 Å². The van der Waals surface area contributed by atoms with Crippen LogP contribution in [0.3, 0.4) is 0 Å². The lowest BCUT2D eigenvalue weighted by Gasteiger charge is -2.08. The molecule has 0 unspecified atom stereocenters. The lowest BCUT2D eigenvalue weighted by molar-refractivity contribution is -0.135. The summed E-state index contributed by atoms with van der Waals surface area (Å²) < 4.78 is 4.50. The Kier molecular flexibility index (Phi) is 6.32. The van der Waals surface area contributed by atoms with Gasteiger partial charge in [-0.25, -0.2) is 4.79 Å². The third-order valence-corrected chi connectivity index (χ3v) is 3.26. The lowest BCUT2D eigenvalue weighted by Crippen LogP contribution is -2.14. The van der Waals surface area contributed by atoms with Crippen LogP contribution < -0.4 is 10.6 Å². The molecule has 2 N–H and O–H groups in total. The number of carbonyl (C=O) groups excluding carboxylic acids is 2. The minimum absolute atomic E-state index is 0.133. The predicted octanol–water partition coefficient (Wildman–Crippen LogP) is 2.86. The van der Waals surface area contributed by atoms with Crippen LogP contribution in [0.4, 0.5) is 11.4 Å². The lowest BCUT2D eigenvalue weighted by atomic mass is 10.1.